The van der Waals surface area contributed by atoms with Crippen molar-refractivity contribution in [2.75, 3.05) is 13.2 Å². The minimum atomic E-state index is 0.361. The zero-order valence-electron chi connectivity index (χ0n) is 12.5. The summed E-state index contributed by atoms with van der Waals surface area (Å²) in [4.78, 5) is 0. The molecule has 3 atom stereocenters. The first kappa shape index (κ1) is 14.5. The molecule has 3 unspecified atom stereocenters. The quantitative estimate of drug-likeness (QED) is 0.843. The van der Waals surface area contributed by atoms with Crippen LogP contribution in [0.2, 0.25) is 0 Å². The van der Waals surface area contributed by atoms with Crippen molar-refractivity contribution in [2.45, 2.75) is 52.2 Å². The first-order valence-electron chi connectivity index (χ1n) is 7.70. The molecular formula is C17H27NO. The van der Waals surface area contributed by atoms with Crippen molar-refractivity contribution in [1.82, 2.24) is 5.32 Å². The van der Waals surface area contributed by atoms with E-state index in [-0.39, 0.29) is 0 Å². The summed E-state index contributed by atoms with van der Waals surface area (Å²) in [6, 6.07) is 9.53. The number of hydrogen-bond donors (Lipinski definition) is 1. The topological polar surface area (TPSA) is 21.3 Å². The van der Waals surface area contributed by atoms with Crippen LogP contribution in [0.25, 0.3) is 0 Å². The van der Waals surface area contributed by atoms with Crippen LogP contribution in [0.1, 0.15) is 50.8 Å². The van der Waals surface area contributed by atoms with Gasteiger partial charge in [0, 0.05) is 18.6 Å². The Kier molecular flexibility index (Phi) is 5.41. The molecule has 2 heteroatoms. The van der Waals surface area contributed by atoms with Crippen LogP contribution in [0.5, 0.6) is 0 Å². The van der Waals surface area contributed by atoms with Crippen LogP contribution in [-0.2, 0) is 11.2 Å². The molecule has 0 amide bonds. The first-order chi connectivity index (χ1) is 9.26. The van der Waals surface area contributed by atoms with Gasteiger partial charge < -0.3 is 10.1 Å². The molecule has 2 nitrogen and oxygen atoms in total. The fourth-order valence-corrected chi connectivity index (χ4v) is 2.96. The molecule has 0 spiro atoms. The number of aryl methyl sites for hydroxylation is 1. The minimum Gasteiger partial charge on any atom is -0.378 e. The highest BCUT2D eigenvalue weighted by Crippen LogP contribution is 2.33. The fourth-order valence-electron chi connectivity index (χ4n) is 2.96. The molecule has 0 bridgehead atoms. The molecule has 0 saturated carbocycles. The van der Waals surface area contributed by atoms with E-state index in [2.05, 4.69) is 50.4 Å². The molecule has 0 aromatic heterocycles. The second-order valence-corrected chi connectivity index (χ2v) is 5.56. The standard InChI is InChI=1S/C17H27NO/c1-4-11-18-17(16-10-12-19-13(16)3)15-8-6-14(5-2)7-9-15/h6-9,13,16-18H,4-5,10-12H2,1-3H3. The van der Waals surface area contributed by atoms with E-state index in [1.807, 2.05) is 0 Å². The van der Waals surface area contributed by atoms with Crippen LogP contribution in [-0.4, -0.2) is 19.3 Å². The molecule has 1 saturated heterocycles. The highest BCUT2D eigenvalue weighted by molar-refractivity contribution is 5.26. The van der Waals surface area contributed by atoms with Gasteiger partial charge in [-0.3, -0.25) is 0 Å². The molecule has 1 aliphatic heterocycles. The van der Waals surface area contributed by atoms with E-state index >= 15 is 0 Å². The summed E-state index contributed by atoms with van der Waals surface area (Å²) < 4.78 is 5.75. The number of rotatable bonds is 6. The van der Waals surface area contributed by atoms with E-state index in [0.29, 0.717) is 18.1 Å². The lowest BCUT2D eigenvalue weighted by Gasteiger charge is -2.27. The van der Waals surface area contributed by atoms with E-state index in [1.165, 1.54) is 17.5 Å². The Morgan fingerprint density at radius 3 is 2.53 bits per heavy atom. The number of nitrogens with one attached hydrogen (secondary N) is 1. The van der Waals surface area contributed by atoms with Crippen molar-refractivity contribution in [1.29, 1.82) is 0 Å². The Hall–Kier alpha value is -0.860. The average Bonchev–Trinajstić information content (AvgIpc) is 2.86. The summed E-state index contributed by atoms with van der Waals surface area (Å²) in [5.41, 5.74) is 2.82. The van der Waals surface area contributed by atoms with Crippen molar-refractivity contribution >= 4 is 0 Å². The van der Waals surface area contributed by atoms with E-state index in [1.54, 1.807) is 0 Å². The molecule has 1 heterocycles. The van der Waals surface area contributed by atoms with Gasteiger partial charge in [0.05, 0.1) is 6.10 Å². The van der Waals surface area contributed by atoms with Gasteiger partial charge in [-0.1, -0.05) is 38.1 Å². The van der Waals surface area contributed by atoms with Gasteiger partial charge in [0.2, 0.25) is 0 Å². The summed E-state index contributed by atoms with van der Waals surface area (Å²) in [7, 11) is 0. The van der Waals surface area contributed by atoms with E-state index in [9.17, 15) is 0 Å². The second kappa shape index (κ2) is 7.06. The zero-order chi connectivity index (χ0) is 13.7. The van der Waals surface area contributed by atoms with E-state index < -0.39 is 0 Å². The Morgan fingerprint density at radius 2 is 2.00 bits per heavy atom. The molecule has 19 heavy (non-hydrogen) atoms. The van der Waals surface area contributed by atoms with Crippen molar-refractivity contribution < 1.29 is 4.74 Å². The third-order valence-electron chi connectivity index (χ3n) is 4.22. The smallest absolute Gasteiger partial charge is 0.0594 e. The lowest BCUT2D eigenvalue weighted by molar-refractivity contribution is 0.0954. The molecule has 1 aromatic carbocycles. The molecular weight excluding hydrogens is 234 g/mol. The van der Waals surface area contributed by atoms with Gasteiger partial charge in [0.1, 0.15) is 0 Å². The Labute approximate surface area is 117 Å². The highest BCUT2D eigenvalue weighted by atomic mass is 16.5. The number of hydrogen-bond acceptors (Lipinski definition) is 2. The third-order valence-corrected chi connectivity index (χ3v) is 4.22. The molecule has 1 aromatic rings. The van der Waals surface area contributed by atoms with Gasteiger partial charge in [-0.2, -0.15) is 0 Å². The number of ether oxygens (including phenoxy) is 1. The molecule has 0 aliphatic carbocycles. The third kappa shape index (κ3) is 3.58. The van der Waals surface area contributed by atoms with Gasteiger partial charge in [-0.25, -0.2) is 0 Å². The van der Waals surface area contributed by atoms with Gasteiger partial charge >= 0.3 is 0 Å². The lowest BCUT2D eigenvalue weighted by atomic mass is 9.87. The molecule has 0 radical (unpaired) electrons. The largest absolute Gasteiger partial charge is 0.378 e. The Bertz CT molecular complexity index is 373. The van der Waals surface area contributed by atoms with Gasteiger partial charge in [0.25, 0.3) is 0 Å². The molecule has 1 N–H and O–H groups in total. The van der Waals surface area contributed by atoms with Crippen molar-refractivity contribution in [3.63, 3.8) is 0 Å². The number of benzene rings is 1. The van der Waals surface area contributed by atoms with Gasteiger partial charge in [0.15, 0.2) is 0 Å². The van der Waals surface area contributed by atoms with Crippen LogP contribution >= 0.6 is 0 Å². The molecule has 2 rings (SSSR count). The Morgan fingerprint density at radius 1 is 1.26 bits per heavy atom. The maximum atomic E-state index is 5.75. The van der Waals surface area contributed by atoms with Crippen LogP contribution < -0.4 is 5.32 Å². The summed E-state index contributed by atoms with van der Waals surface area (Å²) in [5, 5.41) is 3.72. The maximum absolute atomic E-state index is 5.75. The highest BCUT2D eigenvalue weighted by Gasteiger charge is 2.32. The average molecular weight is 261 g/mol. The molecule has 1 fully saturated rings. The van der Waals surface area contributed by atoms with Crippen LogP contribution in [0.3, 0.4) is 0 Å². The van der Waals surface area contributed by atoms with Crippen molar-refractivity contribution in [2.24, 2.45) is 5.92 Å². The maximum Gasteiger partial charge on any atom is 0.0594 e. The van der Waals surface area contributed by atoms with Crippen LogP contribution in [0.4, 0.5) is 0 Å². The minimum absolute atomic E-state index is 0.361. The predicted molar refractivity (Wildman–Crippen MR) is 80.4 cm³/mol. The second-order valence-electron chi connectivity index (χ2n) is 5.56. The normalized spacial score (nSPS) is 24.6. The van der Waals surface area contributed by atoms with E-state index in [4.69, 9.17) is 4.74 Å². The molecule has 106 valence electrons. The first-order valence-corrected chi connectivity index (χ1v) is 7.70. The SMILES string of the molecule is CCCNC(c1ccc(CC)cc1)C1CCOC1C. The summed E-state index contributed by atoms with van der Waals surface area (Å²) in [6.07, 6.45) is 3.81. The van der Waals surface area contributed by atoms with Crippen LogP contribution in [0.15, 0.2) is 24.3 Å². The summed E-state index contributed by atoms with van der Waals surface area (Å²) in [5.74, 6) is 0.596. The van der Waals surface area contributed by atoms with Crippen molar-refractivity contribution in [3.05, 3.63) is 35.4 Å². The predicted octanol–water partition coefficient (Wildman–Crippen LogP) is 3.71. The fraction of sp³-hybridized carbons (Fsp3) is 0.647. The molecule has 1 aliphatic rings. The van der Waals surface area contributed by atoms with E-state index in [0.717, 1.165) is 26.0 Å². The Balaban J connectivity index is 2.15. The monoisotopic (exact) mass is 261 g/mol. The van der Waals surface area contributed by atoms with Gasteiger partial charge in [-0.05, 0) is 43.9 Å². The van der Waals surface area contributed by atoms with Crippen LogP contribution in [0, 0.1) is 5.92 Å². The summed E-state index contributed by atoms with van der Waals surface area (Å²) >= 11 is 0. The van der Waals surface area contributed by atoms with Crippen molar-refractivity contribution in [3.8, 4) is 0 Å². The van der Waals surface area contributed by atoms with Gasteiger partial charge in [-0.15, -0.1) is 0 Å². The summed E-state index contributed by atoms with van der Waals surface area (Å²) in [6.45, 7) is 8.61. The lowest BCUT2D eigenvalue weighted by Crippen LogP contribution is -2.32. The zero-order valence-corrected chi connectivity index (χ0v) is 12.5.